The number of benzene rings is 1. The van der Waals surface area contributed by atoms with E-state index in [0.717, 1.165) is 31.6 Å². The van der Waals surface area contributed by atoms with Crippen molar-refractivity contribution in [1.82, 2.24) is 9.97 Å². The number of aromatic nitrogens is 2. The molecule has 3 heterocycles. The maximum absolute atomic E-state index is 12.8. The number of anilines is 2. The van der Waals surface area contributed by atoms with Gasteiger partial charge in [-0.25, -0.2) is 9.97 Å². The summed E-state index contributed by atoms with van der Waals surface area (Å²) in [6.07, 6.45) is 4.63. The van der Waals surface area contributed by atoms with Crippen LogP contribution in [0.2, 0.25) is 0 Å². The van der Waals surface area contributed by atoms with Crippen LogP contribution in [0, 0.1) is 6.92 Å². The van der Waals surface area contributed by atoms with Gasteiger partial charge in [-0.15, -0.1) is 0 Å². The van der Waals surface area contributed by atoms with Crippen LogP contribution in [0.4, 0.5) is 11.5 Å². The van der Waals surface area contributed by atoms with Crippen molar-refractivity contribution in [2.75, 3.05) is 23.6 Å². The minimum absolute atomic E-state index is 0.204. The summed E-state index contributed by atoms with van der Waals surface area (Å²) in [5, 5.41) is 2.89. The number of nitrogens with zero attached hydrogens (tertiary/aromatic N) is 3. The summed E-state index contributed by atoms with van der Waals surface area (Å²) in [6.45, 7) is 5.20. The summed E-state index contributed by atoms with van der Waals surface area (Å²) in [4.78, 5) is 24.0. The molecule has 0 bridgehead atoms. The number of aryl methyl sites for hydroxylation is 1. The second-order valence-corrected chi connectivity index (χ2v) is 6.93. The summed E-state index contributed by atoms with van der Waals surface area (Å²) in [6, 6.07) is 7.60. The Balaban J connectivity index is 1.56. The topological polar surface area (TPSA) is 76.6 Å². The molecule has 0 spiro atoms. The lowest BCUT2D eigenvalue weighted by atomic mass is 10.00. The molecule has 0 aliphatic carbocycles. The number of amides is 1. The van der Waals surface area contributed by atoms with E-state index in [-0.39, 0.29) is 12.7 Å². The van der Waals surface area contributed by atoms with Gasteiger partial charge in [0, 0.05) is 30.4 Å². The first-order valence-electron chi connectivity index (χ1n) is 9.47. The molecule has 0 saturated carbocycles. The van der Waals surface area contributed by atoms with Crippen LogP contribution in [0.5, 0.6) is 11.5 Å². The Morgan fingerprint density at radius 2 is 2.07 bits per heavy atom. The monoisotopic (exact) mass is 368 g/mol. The van der Waals surface area contributed by atoms with E-state index in [0.29, 0.717) is 34.7 Å². The minimum Gasteiger partial charge on any atom is -0.454 e. The van der Waals surface area contributed by atoms with E-state index in [1.54, 1.807) is 24.3 Å². The summed E-state index contributed by atoms with van der Waals surface area (Å²) in [5.74, 6) is 2.50. The van der Waals surface area contributed by atoms with Gasteiger partial charge in [0.25, 0.3) is 5.91 Å². The van der Waals surface area contributed by atoms with E-state index in [9.17, 15) is 4.79 Å². The van der Waals surface area contributed by atoms with Crippen molar-refractivity contribution in [1.29, 1.82) is 0 Å². The number of hydrogen-bond acceptors (Lipinski definition) is 6. The number of hydrogen-bond donors (Lipinski definition) is 1. The zero-order valence-electron chi connectivity index (χ0n) is 15.7. The number of ether oxygens (including phenoxy) is 2. The van der Waals surface area contributed by atoms with Crippen LogP contribution in [0.15, 0.2) is 24.3 Å². The van der Waals surface area contributed by atoms with Gasteiger partial charge in [-0.1, -0.05) is 6.92 Å². The second kappa shape index (κ2) is 7.42. The molecule has 1 saturated heterocycles. The Labute approximate surface area is 158 Å². The van der Waals surface area contributed by atoms with Crippen LogP contribution < -0.4 is 19.7 Å². The van der Waals surface area contributed by atoms with Crippen LogP contribution in [-0.4, -0.2) is 35.3 Å². The van der Waals surface area contributed by atoms with Gasteiger partial charge in [0.2, 0.25) is 6.79 Å². The fourth-order valence-corrected chi connectivity index (χ4v) is 3.71. The second-order valence-electron chi connectivity index (χ2n) is 6.93. The third kappa shape index (κ3) is 3.67. The molecule has 7 heteroatoms. The normalized spacial score (nSPS) is 18.4. The molecule has 0 radical (unpaired) electrons. The zero-order chi connectivity index (χ0) is 18.8. The summed E-state index contributed by atoms with van der Waals surface area (Å²) in [5.41, 5.74) is 1.02. The molecule has 4 rings (SSSR count). The van der Waals surface area contributed by atoms with Crippen molar-refractivity contribution >= 4 is 17.4 Å². The highest BCUT2D eigenvalue weighted by atomic mass is 16.7. The first-order valence-corrected chi connectivity index (χ1v) is 9.47. The average molecular weight is 368 g/mol. The molecular weight excluding hydrogens is 344 g/mol. The number of carbonyl (C=O) groups is 1. The Hall–Kier alpha value is -2.83. The summed E-state index contributed by atoms with van der Waals surface area (Å²) >= 11 is 0. The van der Waals surface area contributed by atoms with Crippen molar-refractivity contribution in [3.05, 3.63) is 35.8 Å². The lowest BCUT2D eigenvalue weighted by Crippen LogP contribution is -2.40. The predicted octanol–water partition coefficient (Wildman–Crippen LogP) is 3.53. The zero-order valence-corrected chi connectivity index (χ0v) is 15.7. The van der Waals surface area contributed by atoms with Gasteiger partial charge in [-0.2, -0.15) is 0 Å². The summed E-state index contributed by atoms with van der Waals surface area (Å²) < 4.78 is 10.7. The summed E-state index contributed by atoms with van der Waals surface area (Å²) in [7, 11) is 0. The molecule has 1 atom stereocenters. The average Bonchev–Trinajstić information content (AvgIpc) is 3.15. The smallest absolute Gasteiger partial charge is 0.274 e. The third-order valence-corrected chi connectivity index (χ3v) is 5.08. The maximum Gasteiger partial charge on any atom is 0.274 e. The largest absolute Gasteiger partial charge is 0.454 e. The number of fused-ring (bicyclic) bond motifs is 1. The number of piperidine rings is 1. The molecule has 1 aromatic heterocycles. The number of nitrogens with one attached hydrogen (secondary N) is 1. The SMILES string of the molecule is CCC1CCCCN1c1cc(C(=O)Nc2ccc3c(c2)OCO3)nc(C)n1. The molecule has 2 aliphatic rings. The molecule has 7 nitrogen and oxygen atoms in total. The van der Waals surface area contributed by atoms with Crippen LogP contribution in [0.3, 0.4) is 0 Å². The molecule has 1 aromatic carbocycles. The Bertz CT molecular complexity index is 855. The van der Waals surface area contributed by atoms with Crippen molar-refractivity contribution in [3.8, 4) is 11.5 Å². The number of rotatable bonds is 4. The molecule has 1 N–H and O–H groups in total. The molecule has 2 aromatic rings. The van der Waals surface area contributed by atoms with E-state index in [4.69, 9.17) is 9.47 Å². The van der Waals surface area contributed by atoms with Crippen molar-refractivity contribution < 1.29 is 14.3 Å². The van der Waals surface area contributed by atoms with E-state index in [1.165, 1.54) is 6.42 Å². The van der Waals surface area contributed by atoms with Crippen LogP contribution in [-0.2, 0) is 0 Å². The molecule has 1 fully saturated rings. The van der Waals surface area contributed by atoms with E-state index in [1.807, 2.05) is 6.92 Å². The quantitative estimate of drug-likeness (QED) is 0.890. The lowest BCUT2D eigenvalue weighted by Gasteiger charge is -2.36. The highest BCUT2D eigenvalue weighted by molar-refractivity contribution is 6.03. The van der Waals surface area contributed by atoms with Crippen LogP contribution in [0.25, 0.3) is 0 Å². The van der Waals surface area contributed by atoms with Crippen LogP contribution in [0.1, 0.15) is 48.9 Å². The fraction of sp³-hybridized carbons (Fsp3) is 0.450. The maximum atomic E-state index is 12.8. The van der Waals surface area contributed by atoms with Gasteiger partial charge >= 0.3 is 0 Å². The first-order chi connectivity index (χ1) is 13.1. The van der Waals surface area contributed by atoms with Crippen LogP contribution >= 0.6 is 0 Å². The highest BCUT2D eigenvalue weighted by Gasteiger charge is 2.24. The van der Waals surface area contributed by atoms with Crippen molar-refractivity contribution in [2.24, 2.45) is 0 Å². The first kappa shape index (κ1) is 17.6. The van der Waals surface area contributed by atoms with Gasteiger partial charge in [0.1, 0.15) is 17.3 Å². The van der Waals surface area contributed by atoms with Crippen molar-refractivity contribution in [3.63, 3.8) is 0 Å². The van der Waals surface area contributed by atoms with E-state index < -0.39 is 0 Å². The standard InChI is InChI=1S/C20H24N4O3/c1-3-15-6-4-5-9-24(15)19-11-16(21-13(2)22-19)20(25)23-14-7-8-17-18(10-14)27-12-26-17/h7-8,10-11,15H,3-6,9,12H2,1-2H3,(H,23,25). The lowest BCUT2D eigenvalue weighted by molar-refractivity contribution is 0.102. The molecule has 1 unspecified atom stereocenters. The predicted molar refractivity (Wildman–Crippen MR) is 103 cm³/mol. The fourth-order valence-electron chi connectivity index (χ4n) is 3.71. The third-order valence-electron chi connectivity index (χ3n) is 5.08. The van der Waals surface area contributed by atoms with Gasteiger partial charge < -0.3 is 19.7 Å². The van der Waals surface area contributed by atoms with Gasteiger partial charge in [0.05, 0.1) is 0 Å². The number of carbonyl (C=O) groups excluding carboxylic acids is 1. The van der Waals surface area contributed by atoms with E-state index in [2.05, 4.69) is 27.1 Å². The molecule has 1 amide bonds. The molecule has 2 aliphatic heterocycles. The Kier molecular flexibility index (Phi) is 4.83. The molecular formula is C20H24N4O3. The molecule has 27 heavy (non-hydrogen) atoms. The highest BCUT2D eigenvalue weighted by Crippen LogP contribution is 2.34. The molecule has 142 valence electrons. The van der Waals surface area contributed by atoms with Gasteiger partial charge in [-0.3, -0.25) is 4.79 Å². The Morgan fingerprint density at radius 3 is 2.93 bits per heavy atom. The minimum atomic E-state index is -0.259. The van der Waals surface area contributed by atoms with Crippen molar-refractivity contribution in [2.45, 2.75) is 45.6 Å². The Morgan fingerprint density at radius 1 is 1.22 bits per heavy atom. The van der Waals surface area contributed by atoms with E-state index >= 15 is 0 Å². The van der Waals surface area contributed by atoms with Gasteiger partial charge in [-0.05, 0) is 44.7 Å². The van der Waals surface area contributed by atoms with Gasteiger partial charge in [0.15, 0.2) is 11.5 Å².